The van der Waals surface area contributed by atoms with Crippen molar-refractivity contribution in [1.82, 2.24) is 9.88 Å². The summed E-state index contributed by atoms with van der Waals surface area (Å²) in [5.41, 5.74) is 0.539. The van der Waals surface area contributed by atoms with E-state index >= 15 is 0 Å². The molecule has 1 spiro atoms. The standard InChI is InChI=1S/C18H17FN2O2S/c19-14-5-3-13(4-6-14)17(22)21-11-18(12-21)8-16(10-24-18)23-15-2-1-7-20-9-15/h1-7,9,16H,8,10-12H2. The molecule has 0 bridgehead atoms. The number of ether oxygens (including phenoxy) is 1. The maximum absolute atomic E-state index is 13.0. The summed E-state index contributed by atoms with van der Waals surface area (Å²) in [5, 5.41) is 0. The van der Waals surface area contributed by atoms with Gasteiger partial charge in [-0.25, -0.2) is 4.39 Å². The smallest absolute Gasteiger partial charge is 0.253 e. The Hall–Kier alpha value is -2.08. The van der Waals surface area contributed by atoms with Crippen molar-refractivity contribution < 1.29 is 13.9 Å². The molecule has 1 unspecified atom stereocenters. The number of hydrogen-bond acceptors (Lipinski definition) is 4. The number of halogens is 1. The first-order valence-corrected chi connectivity index (χ1v) is 8.88. The maximum Gasteiger partial charge on any atom is 0.253 e. The molecule has 124 valence electrons. The van der Waals surface area contributed by atoms with E-state index in [1.54, 1.807) is 24.5 Å². The Morgan fingerprint density at radius 3 is 2.79 bits per heavy atom. The molecule has 1 aromatic carbocycles. The topological polar surface area (TPSA) is 42.4 Å². The van der Waals surface area contributed by atoms with E-state index in [1.807, 2.05) is 28.8 Å². The van der Waals surface area contributed by atoms with Gasteiger partial charge in [-0.3, -0.25) is 9.78 Å². The first-order chi connectivity index (χ1) is 11.6. The lowest BCUT2D eigenvalue weighted by molar-refractivity contribution is 0.0518. The summed E-state index contributed by atoms with van der Waals surface area (Å²) in [7, 11) is 0. The Kier molecular flexibility index (Phi) is 3.92. The van der Waals surface area contributed by atoms with Crippen molar-refractivity contribution in [3.05, 3.63) is 60.2 Å². The van der Waals surface area contributed by atoms with Gasteiger partial charge in [-0.2, -0.15) is 0 Å². The molecule has 2 aliphatic rings. The van der Waals surface area contributed by atoms with Gasteiger partial charge in [-0.05, 0) is 36.4 Å². The fraction of sp³-hybridized carbons (Fsp3) is 0.333. The van der Waals surface area contributed by atoms with Crippen LogP contribution in [0.1, 0.15) is 16.8 Å². The average Bonchev–Trinajstić information content (AvgIpc) is 2.99. The SMILES string of the molecule is O=C(c1ccc(F)cc1)N1CC2(CC(Oc3cccnc3)CS2)C1. The molecule has 2 saturated heterocycles. The Labute approximate surface area is 144 Å². The number of nitrogens with zero attached hydrogens (tertiary/aromatic N) is 2. The molecule has 0 aliphatic carbocycles. The number of hydrogen-bond donors (Lipinski definition) is 0. The Morgan fingerprint density at radius 2 is 2.08 bits per heavy atom. The molecule has 1 amide bonds. The van der Waals surface area contributed by atoms with E-state index in [0.717, 1.165) is 31.0 Å². The molecule has 1 aromatic heterocycles. The largest absolute Gasteiger partial charge is 0.488 e. The predicted molar refractivity (Wildman–Crippen MR) is 90.8 cm³/mol. The predicted octanol–water partition coefficient (Wildman–Crippen LogP) is 3.00. The zero-order chi connectivity index (χ0) is 16.6. The molecule has 2 aromatic rings. The van der Waals surface area contributed by atoms with E-state index in [2.05, 4.69) is 4.98 Å². The third-order valence-electron chi connectivity index (χ3n) is 4.45. The molecule has 2 aliphatic heterocycles. The zero-order valence-electron chi connectivity index (χ0n) is 13.0. The molecule has 0 radical (unpaired) electrons. The van der Waals surface area contributed by atoms with Crippen LogP contribution >= 0.6 is 11.8 Å². The van der Waals surface area contributed by atoms with Gasteiger partial charge in [0.15, 0.2) is 0 Å². The molecular weight excluding hydrogens is 327 g/mol. The van der Waals surface area contributed by atoms with E-state index in [0.29, 0.717) is 5.56 Å². The second kappa shape index (κ2) is 6.09. The number of pyridine rings is 1. The fourth-order valence-corrected chi connectivity index (χ4v) is 4.80. The van der Waals surface area contributed by atoms with Gasteiger partial charge in [0.05, 0.1) is 10.9 Å². The van der Waals surface area contributed by atoms with Crippen LogP contribution in [0.3, 0.4) is 0 Å². The molecule has 6 heteroatoms. The van der Waals surface area contributed by atoms with Gasteiger partial charge in [0.1, 0.15) is 17.7 Å². The van der Waals surface area contributed by atoms with Crippen LogP contribution < -0.4 is 4.74 Å². The van der Waals surface area contributed by atoms with Crippen LogP contribution in [0.15, 0.2) is 48.8 Å². The average molecular weight is 344 g/mol. The highest BCUT2D eigenvalue weighted by Crippen LogP contribution is 2.46. The summed E-state index contributed by atoms with van der Waals surface area (Å²) in [6.07, 6.45) is 4.53. The number of aromatic nitrogens is 1. The lowest BCUT2D eigenvalue weighted by Crippen LogP contribution is -2.60. The molecule has 4 nitrogen and oxygen atoms in total. The van der Waals surface area contributed by atoms with E-state index in [9.17, 15) is 9.18 Å². The summed E-state index contributed by atoms with van der Waals surface area (Å²) in [6.45, 7) is 1.45. The van der Waals surface area contributed by atoms with Crippen LogP contribution in [0, 0.1) is 5.82 Å². The Balaban J connectivity index is 1.33. The Bertz CT molecular complexity index is 732. The molecule has 4 rings (SSSR count). The maximum atomic E-state index is 13.0. The van der Waals surface area contributed by atoms with E-state index in [1.165, 1.54) is 12.1 Å². The normalized spacial score (nSPS) is 21.5. The van der Waals surface area contributed by atoms with E-state index in [4.69, 9.17) is 4.74 Å². The van der Waals surface area contributed by atoms with Crippen molar-refractivity contribution >= 4 is 17.7 Å². The van der Waals surface area contributed by atoms with Crippen molar-refractivity contribution in [2.75, 3.05) is 18.8 Å². The van der Waals surface area contributed by atoms with Gasteiger partial charge in [-0.1, -0.05) is 0 Å². The van der Waals surface area contributed by atoms with Crippen LogP contribution in [-0.2, 0) is 0 Å². The monoisotopic (exact) mass is 344 g/mol. The third-order valence-corrected chi connectivity index (χ3v) is 6.02. The number of benzene rings is 1. The summed E-state index contributed by atoms with van der Waals surface area (Å²) in [4.78, 5) is 18.3. The number of carbonyl (C=O) groups is 1. The lowest BCUT2D eigenvalue weighted by Gasteiger charge is -2.47. The van der Waals surface area contributed by atoms with Crippen molar-refractivity contribution in [2.45, 2.75) is 17.3 Å². The van der Waals surface area contributed by atoms with Gasteiger partial charge in [0.25, 0.3) is 5.91 Å². The van der Waals surface area contributed by atoms with Crippen LogP contribution in [-0.4, -0.2) is 45.5 Å². The highest BCUT2D eigenvalue weighted by atomic mass is 32.2. The molecule has 2 fully saturated rings. The van der Waals surface area contributed by atoms with Crippen LogP contribution in [0.4, 0.5) is 4.39 Å². The minimum atomic E-state index is -0.326. The van der Waals surface area contributed by atoms with Gasteiger partial charge >= 0.3 is 0 Å². The molecule has 1 atom stereocenters. The van der Waals surface area contributed by atoms with Crippen LogP contribution in [0.2, 0.25) is 0 Å². The number of amides is 1. The summed E-state index contributed by atoms with van der Waals surface area (Å²) in [5.74, 6) is 1.36. The first-order valence-electron chi connectivity index (χ1n) is 7.89. The second-order valence-electron chi connectivity index (χ2n) is 6.29. The quantitative estimate of drug-likeness (QED) is 0.858. The second-order valence-corrected chi connectivity index (χ2v) is 7.78. The molecule has 0 saturated carbocycles. The highest BCUT2D eigenvalue weighted by Gasteiger charge is 2.51. The Morgan fingerprint density at radius 1 is 1.29 bits per heavy atom. The number of likely N-dealkylation sites (tertiary alicyclic amines) is 1. The van der Waals surface area contributed by atoms with E-state index < -0.39 is 0 Å². The summed E-state index contributed by atoms with van der Waals surface area (Å²) < 4.78 is 19.0. The zero-order valence-corrected chi connectivity index (χ0v) is 13.8. The molecule has 0 N–H and O–H groups in total. The third kappa shape index (κ3) is 2.98. The number of thioether (sulfide) groups is 1. The van der Waals surface area contributed by atoms with Gasteiger partial charge in [0, 0.05) is 37.0 Å². The van der Waals surface area contributed by atoms with Gasteiger partial charge < -0.3 is 9.64 Å². The first kappa shape index (κ1) is 15.4. The van der Waals surface area contributed by atoms with Crippen molar-refractivity contribution in [2.24, 2.45) is 0 Å². The number of carbonyl (C=O) groups excluding carboxylic acids is 1. The number of rotatable bonds is 3. The molecule has 3 heterocycles. The van der Waals surface area contributed by atoms with Crippen LogP contribution in [0.5, 0.6) is 5.75 Å². The van der Waals surface area contributed by atoms with Crippen molar-refractivity contribution in [3.8, 4) is 5.75 Å². The summed E-state index contributed by atoms with van der Waals surface area (Å²) >= 11 is 1.88. The van der Waals surface area contributed by atoms with Crippen LogP contribution in [0.25, 0.3) is 0 Å². The highest BCUT2D eigenvalue weighted by molar-refractivity contribution is 8.01. The lowest BCUT2D eigenvalue weighted by atomic mass is 9.92. The van der Waals surface area contributed by atoms with Crippen molar-refractivity contribution in [3.63, 3.8) is 0 Å². The fourth-order valence-electron chi connectivity index (χ4n) is 3.28. The molecular formula is C18H17FN2O2S. The molecule has 24 heavy (non-hydrogen) atoms. The van der Waals surface area contributed by atoms with E-state index in [-0.39, 0.29) is 22.6 Å². The van der Waals surface area contributed by atoms with Gasteiger partial charge in [-0.15, -0.1) is 11.8 Å². The minimum absolute atomic E-state index is 0.0298. The minimum Gasteiger partial charge on any atom is -0.488 e. The summed E-state index contributed by atoms with van der Waals surface area (Å²) in [6, 6.07) is 9.50. The van der Waals surface area contributed by atoms with Crippen molar-refractivity contribution in [1.29, 1.82) is 0 Å². The van der Waals surface area contributed by atoms with Gasteiger partial charge in [0.2, 0.25) is 0 Å².